The zero-order chi connectivity index (χ0) is 20.6. The first-order chi connectivity index (χ1) is 14.1. The Labute approximate surface area is 172 Å². The average Bonchev–Trinajstić information content (AvgIpc) is 3.17. The number of benzene rings is 1. The molecule has 0 saturated heterocycles. The lowest BCUT2D eigenvalue weighted by Gasteiger charge is -2.36. The van der Waals surface area contributed by atoms with Gasteiger partial charge in [-0.05, 0) is 44.2 Å². The Bertz CT molecular complexity index is 803. The number of ether oxygens (including phenoxy) is 1. The molecule has 0 aliphatic heterocycles. The van der Waals surface area contributed by atoms with Crippen LogP contribution in [-0.4, -0.2) is 35.6 Å². The largest absolute Gasteiger partial charge is 0.376 e. The molecule has 1 aliphatic rings. The van der Waals surface area contributed by atoms with E-state index in [1.807, 2.05) is 37.3 Å². The number of rotatable bonds is 8. The van der Waals surface area contributed by atoms with Crippen LogP contribution in [0.2, 0.25) is 0 Å². The van der Waals surface area contributed by atoms with E-state index in [1.54, 1.807) is 12.3 Å². The van der Waals surface area contributed by atoms with E-state index in [4.69, 9.17) is 4.74 Å². The predicted octanol–water partition coefficient (Wildman–Crippen LogP) is 3.33. The molecular weight excluding hydrogens is 366 g/mol. The summed E-state index contributed by atoms with van der Waals surface area (Å²) in [5.41, 5.74) is 2.55. The second-order valence-corrected chi connectivity index (χ2v) is 7.72. The van der Waals surface area contributed by atoms with Crippen molar-refractivity contribution in [2.24, 2.45) is 5.92 Å². The van der Waals surface area contributed by atoms with Gasteiger partial charge in [0.15, 0.2) is 0 Å². The first-order valence-corrected chi connectivity index (χ1v) is 10.5. The van der Waals surface area contributed by atoms with Crippen LogP contribution in [-0.2, 0) is 16.1 Å². The van der Waals surface area contributed by atoms with Crippen molar-refractivity contribution in [3.63, 3.8) is 0 Å². The van der Waals surface area contributed by atoms with Gasteiger partial charge in [0.25, 0.3) is 5.91 Å². The Morgan fingerprint density at radius 3 is 2.66 bits per heavy atom. The molecule has 6 nitrogen and oxygen atoms in total. The molecular formula is C23H31N3O3. The number of nitrogens with one attached hydrogen (secondary N) is 3. The highest BCUT2D eigenvalue weighted by Crippen LogP contribution is 2.28. The highest BCUT2D eigenvalue weighted by Gasteiger charge is 2.35. The Kier molecular flexibility index (Phi) is 7.47. The van der Waals surface area contributed by atoms with Gasteiger partial charge in [-0.25, -0.2) is 0 Å². The predicted molar refractivity (Wildman–Crippen MR) is 112 cm³/mol. The number of carbonyl (C=O) groups excluding carboxylic acids is 2. The van der Waals surface area contributed by atoms with Crippen LogP contribution in [0.25, 0.3) is 0 Å². The number of carbonyl (C=O) groups is 2. The number of aromatic amines is 1. The van der Waals surface area contributed by atoms with Gasteiger partial charge in [-0.1, -0.05) is 37.3 Å². The van der Waals surface area contributed by atoms with Gasteiger partial charge in [-0.2, -0.15) is 0 Å². The van der Waals surface area contributed by atoms with Crippen LogP contribution in [0, 0.1) is 12.8 Å². The van der Waals surface area contributed by atoms with E-state index in [1.165, 1.54) is 0 Å². The molecule has 2 aromatic rings. The van der Waals surface area contributed by atoms with E-state index in [2.05, 4.69) is 22.5 Å². The van der Waals surface area contributed by atoms with E-state index >= 15 is 0 Å². The lowest BCUT2D eigenvalue weighted by molar-refractivity contribution is -0.127. The first-order valence-electron chi connectivity index (χ1n) is 10.5. The SMILES string of the molecule is CCCO[C@@H]1CC[C@H](C(=O)NCc2ccccc2)C[C@H]1NC(=O)c1cc[nH]c1C. The first kappa shape index (κ1) is 21.1. The maximum atomic E-state index is 12.7. The zero-order valence-corrected chi connectivity index (χ0v) is 17.2. The Morgan fingerprint density at radius 1 is 1.17 bits per heavy atom. The molecule has 0 radical (unpaired) electrons. The number of aromatic nitrogens is 1. The van der Waals surface area contributed by atoms with Gasteiger partial charge in [-0.15, -0.1) is 0 Å². The molecule has 6 heteroatoms. The van der Waals surface area contributed by atoms with Crippen molar-refractivity contribution < 1.29 is 14.3 Å². The topological polar surface area (TPSA) is 83.2 Å². The van der Waals surface area contributed by atoms with Gasteiger partial charge >= 0.3 is 0 Å². The molecule has 1 heterocycles. The van der Waals surface area contributed by atoms with Gasteiger partial charge in [0.1, 0.15) is 0 Å². The third kappa shape index (κ3) is 5.70. The summed E-state index contributed by atoms with van der Waals surface area (Å²) in [5.74, 6) is -0.207. The number of aryl methyl sites for hydroxylation is 1. The highest BCUT2D eigenvalue weighted by molar-refractivity contribution is 5.95. The van der Waals surface area contributed by atoms with Crippen LogP contribution in [0.4, 0.5) is 0 Å². The molecule has 1 aromatic heterocycles. The van der Waals surface area contributed by atoms with E-state index in [9.17, 15) is 9.59 Å². The summed E-state index contributed by atoms with van der Waals surface area (Å²) in [6, 6.07) is 11.5. The van der Waals surface area contributed by atoms with Crippen LogP contribution in [0.1, 0.15) is 54.2 Å². The normalized spacial score (nSPS) is 21.5. The van der Waals surface area contributed by atoms with Crippen molar-refractivity contribution in [1.82, 2.24) is 15.6 Å². The van der Waals surface area contributed by atoms with Crippen LogP contribution in [0.3, 0.4) is 0 Å². The molecule has 3 rings (SSSR count). The number of amides is 2. The zero-order valence-electron chi connectivity index (χ0n) is 17.2. The molecule has 1 fully saturated rings. The standard InChI is InChI=1S/C23H31N3O3/c1-3-13-29-21-10-9-18(22(27)25-15-17-7-5-4-6-8-17)14-20(21)26-23(28)19-11-12-24-16(19)2/h4-8,11-12,18,20-21,24H,3,9-10,13-15H2,1-2H3,(H,25,27)(H,26,28)/t18-,20+,21+/m0/s1. The van der Waals surface area contributed by atoms with Crippen molar-refractivity contribution in [2.45, 2.75) is 58.2 Å². The Morgan fingerprint density at radius 2 is 1.97 bits per heavy atom. The van der Waals surface area contributed by atoms with Crippen LogP contribution < -0.4 is 10.6 Å². The molecule has 1 saturated carbocycles. The molecule has 2 amide bonds. The third-order valence-electron chi connectivity index (χ3n) is 5.52. The van der Waals surface area contributed by atoms with Crippen LogP contribution in [0.5, 0.6) is 0 Å². The summed E-state index contributed by atoms with van der Waals surface area (Å²) >= 11 is 0. The Balaban J connectivity index is 1.61. The molecule has 156 valence electrons. The minimum Gasteiger partial charge on any atom is -0.376 e. The lowest BCUT2D eigenvalue weighted by atomic mass is 9.82. The Hall–Kier alpha value is -2.60. The molecule has 1 aliphatic carbocycles. The van der Waals surface area contributed by atoms with E-state index in [0.29, 0.717) is 25.1 Å². The van der Waals surface area contributed by atoms with E-state index < -0.39 is 0 Å². The minimum absolute atomic E-state index is 0.0415. The van der Waals surface area contributed by atoms with Crippen molar-refractivity contribution in [2.75, 3.05) is 6.61 Å². The molecule has 0 bridgehead atoms. The number of hydrogen-bond acceptors (Lipinski definition) is 3. The van der Waals surface area contributed by atoms with Crippen molar-refractivity contribution in [3.05, 3.63) is 59.4 Å². The van der Waals surface area contributed by atoms with E-state index in [0.717, 1.165) is 30.5 Å². The summed E-state index contributed by atoms with van der Waals surface area (Å²) in [6.45, 7) is 5.12. The maximum Gasteiger partial charge on any atom is 0.253 e. The maximum absolute atomic E-state index is 12.7. The molecule has 29 heavy (non-hydrogen) atoms. The fourth-order valence-corrected chi connectivity index (χ4v) is 3.88. The fourth-order valence-electron chi connectivity index (χ4n) is 3.88. The van der Waals surface area contributed by atoms with Gasteiger partial charge in [0.05, 0.1) is 17.7 Å². The summed E-state index contributed by atoms with van der Waals surface area (Å²) in [6.07, 6.45) is 4.75. The summed E-state index contributed by atoms with van der Waals surface area (Å²) in [4.78, 5) is 28.5. The molecule has 0 unspecified atom stereocenters. The summed E-state index contributed by atoms with van der Waals surface area (Å²) in [5, 5.41) is 6.16. The summed E-state index contributed by atoms with van der Waals surface area (Å²) < 4.78 is 6.00. The van der Waals surface area contributed by atoms with Crippen LogP contribution in [0.15, 0.2) is 42.6 Å². The number of hydrogen-bond donors (Lipinski definition) is 3. The quantitative estimate of drug-likeness (QED) is 0.639. The second-order valence-electron chi connectivity index (χ2n) is 7.72. The van der Waals surface area contributed by atoms with Crippen molar-refractivity contribution in [1.29, 1.82) is 0 Å². The van der Waals surface area contributed by atoms with Crippen molar-refractivity contribution in [3.8, 4) is 0 Å². The lowest BCUT2D eigenvalue weighted by Crippen LogP contribution is -2.50. The van der Waals surface area contributed by atoms with Gasteiger partial charge in [0.2, 0.25) is 5.91 Å². The van der Waals surface area contributed by atoms with E-state index in [-0.39, 0.29) is 29.9 Å². The molecule has 3 atom stereocenters. The minimum atomic E-state index is -0.176. The van der Waals surface area contributed by atoms with Crippen molar-refractivity contribution >= 4 is 11.8 Å². The fraction of sp³-hybridized carbons (Fsp3) is 0.478. The molecule has 1 aromatic carbocycles. The summed E-state index contributed by atoms with van der Waals surface area (Å²) in [7, 11) is 0. The van der Waals surface area contributed by atoms with Gasteiger partial charge < -0.3 is 20.4 Å². The van der Waals surface area contributed by atoms with Gasteiger partial charge in [0, 0.05) is 31.0 Å². The van der Waals surface area contributed by atoms with Crippen LogP contribution >= 0.6 is 0 Å². The smallest absolute Gasteiger partial charge is 0.253 e. The monoisotopic (exact) mass is 397 g/mol. The molecule has 3 N–H and O–H groups in total. The van der Waals surface area contributed by atoms with Gasteiger partial charge in [-0.3, -0.25) is 9.59 Å². The third-order valence-corrected chi connectivity index (χ3v) is 5.52. The molecule has 0 spiro atoms. The average molecular weight is 398 g/mol. The number of H-pyrrole nitrogens is 1. The highest BCUT2D eigenvalue weighted by atomic mass is 16.5. The second kappa shape index (κ2) is 10.3.